The molecule has 1 atom stereocenters. The van der Waals surface area contributed by atoms with Gasteiger partial charge in [0.25, 0.3) is 5.69 Å². The van der Waals surface area contributed by atoms with Crippen LogP contribution in [0.1, 0.15) is 6.04 Å². The maximum atomic E-state index is 6.61. The highest BCUT2D eigenvalue weighted by molar-refractivity contribution is 6.28. The normalized spacial score (nSPS) is 15.8. The van der Waals surface area contributed by atoms with Gasteiger partial charge in [0.1, 0.15) is 17.1 Å². The zero-order valence-corrected chi connectivity index (χ0v) is 24.8. The molecule has 0 radical (unpaired) electrons. The van der Waals surface area contributed by atoms with E-state index in [-0.39, 0.29) is 6.04 Å². The topological polar surface area (TPSA) is 26.0 Å². The number of nitrogens with zero attached hydrogens (tertiary/aromatic N) is 3. The van der Waals surface area contributed by atoms with E-state index in [9.17, 15) is 0 Å². The fourth-order valence-corrected chi connectivity index (χ4v) is 8.20. The standard InChI is InChI=1S/C42H26N3O/c1-2-12-26(13-3-1)43-32-18-6-4-14-27(32)29-24-25-35-39(41(29)43)31-17-11-21-36-40(31)45(35)34-20-8-7-19-33(34)44(36)37-22-10-16-30-28-15-5-9-23-38(28)46-42(30)37/h1-25,34H/q+1. The highest BCUT2D eigenvalue weighted by Crippen LogP contribution is 2.48. The first kappa shape index (κ1) is 24.2. The molecule has 3 aromatic heterocycles. The van der Waals surface area contributed by atoms with Gasteiger partial charge in [0.05, 0.1) is 16.6 Å². The van der Waals surface area contributed by atoms with Gasteiger partial charge < -0.3 is 13.6 Å². The minimum absolute atomic E-state index is 0.0199. The Morgan fingerprint density at radius 1 is 0.543 bits per heavy atom. The Hall–Kier alpha value is -6.13. The maximum Gasteiger partial charge on any atom is 0.255 e. The van der Waals surface area contributed by atoms with E-state index in [0.717, 1.165) is 33.3 Å². The van der Waals surface area contributed by atoms with Crippen LogP contribution < -0.4 is 4.58 Å². The Labute approximate surface area is 263 Å². The Morgan fingerprint density at radius 3 is 2.22 bits per heavy atom. The molecule has 46 heavy (non-hydrogen) atoms. The number of allylic oxidation sites excluding steroid dienone is 4. The summed E-state index contributed by atoms with van der Waals surface area (Å²) in [6.45, 7) is 0. The van der Waals surface area contributed by atoms with Crippen molar-refractivity contribution < 1.29 is 4.42 Å². The molecule has 0 fully saturated rings. The van der Waals surface area contributed by atoms with Crippen LogP contribution in [0.3, 0.4) is 0 Å². The fourth-order valence-electron chi connectivity index (χ4n) is 8.20. The van der Waals surface area contributed by atoms with Crippen LogP contribution >= 0.6 is 0 Å². The Kier molecular flexibility index (Phi) is 4.60. The lowest BCUT2D eigenvalue weighted by atomic mass is 10.0. The van der Waals surface area contributed by atoms with Crippen molar-refractivity contribution in [2.75, 3.05) is 0 Å². The van der Waals surface area contributed by atoms with E-state index >= 15 is 0 Å². The monoisotopic (exact) mass is 588 g/mol. The summed E-state index contributed by atoms with van der Waals surface area (Å²) in [5.41, 5.74) is 11.3. The van der Waals surface area contributed by atoms with Crippen molar-refractivity contribution in [1.82, 2.24) is 13.7 Å². The molecule has 1 aliphatic heterocycles. The Morgan fingerprint density at radius 2 is 1.30 bits per heavy atom. The third kappa shape index (κ3) is 2.96. The van der Waals surface area contributed by atoms with Crippen LogP contribution in [0, 0.1) is 0 Å². The molecule has 0 bridgehead atoms. The molecule has 0 N–H and O–H groups in total. The molecule has 4 heteroatoms. The summed E-state index contributed by atoms with van der Waals surface area (Å²) in [5.74, 6) is 0. The first-order valence-corrected chi connectivity index (χ1v) is 15.8. The van der Waals surface area contributed by atoms with Gasteiger partial charge >= 0.3 is 0 Å². The predicted octanol–water partition coefficient (Wildman–Crippen LogP) is 10.7. The molecule has 0 amide bonds. The predicted molar refractivity (Wildman–Crippen MR) is 191 cm³/mol. The summed E-state index contributed by atoms with van der Waals surface area (Å²) < 4.78 is 14.0. The largest absolute Gasteiger partial charge is 0.449 e. The summed E-state index contributed by atoms with van der Waals surface area (Å²) in [6, 6.07) is 45.9. The van der Waals surface area contributed by atoms with Gasteiger partial charge in [-0.1, -0.05) is 97.1 Å². The van der Waals surface area contributed by atoms with Gasteiger partial charge in [0, 0.05) is 56.2 Å². The Balaban J connectivity index is 1.31. The van der Waals surface area contributed by atoms with Crippen molar-refractivity contribution in [3.8, 4) is 5.69 Å². The van der Waals surface area contributed by atoms with Crippen LogP contribution in [-0.4, -0.2) is 14.8 Å². The lowest BCUT2D eigenvalue weighted by Crippen LogP contribution is -2.30. The van der Waals surface area contributed by atoms with Gasteiger partial charge in [-0.05, 0) is 36.4 Å². The van der Waals surface area contributed by atoms with E-state index < -0.39 is 0 Å². The van der Waals surface area contributed by atoms with E-state index in [1.807, 2.05) is 6.07 Å². The molecule has 214 valence electrons. The van der Waals surface area contributed by atoms with Crippen LogP contribution in [0.4, 0.5) is 11.4 Å². The summed E-state index contributed by atoms with van der Waals surface area (Å²) >= 11 is 0. The van der Waals surface area contributed by atoms with Crippen molar-refractivity contribution in [1.29, 1.82) is 0 Å². The number of fused-ring (bicyclic) bond motifs is 12. The summed E-state index contributed by atoms with van der Waals surface area (Å²) in [6.07, 6.45) is 8.92. The third-order valence-corrected chi connectivity index (χ3v) is 9.99. The van der Waals surface area contributed by atoms with Gasteiger partial charge in [0.2, 0.25) is 17.0 Å². The molecular formula is C42H26N3O+. The minimum atomic E-state index is 0.0199. The molecule has 0 saturated heterocycles. The van der Waals surface area contributed by atoms with Crippen molar-refractivity contribution >= 4 is 82.6 Å². The quantitative estimate of drug-likeness (QED) is 0.185. The van der Waals surface area contributed by atoms with E-state index in [2.05, 4.69) is 159 Å². The second-order valence-electron chi connectivity index (χ2n) is 12.3. The number of rotatable bonds is 2. The third-order valence-electron chi connectivity index (χ3n) is 9.99. The molecule has 4 nitrogen and oxygen atoms in total. The van der Waals surface area contributed by atoms with Gasteiger partial charge in [0.15, 0.2) is 0 Å². The zero-order valence-electron chi connectivity index (χ0n) is 24.8. The molecule has 4 heterocycles. The molecule has 0 saturated carbocycles. The van der Waals surface area contributed by atoms with E-state index in [1.54, 1.807) is 0 Å². The van der Waals surface area contributed by atoms with Crippen LogP contribution in [0.25, 0.3) is 71.2 Å². The average Bonchev–Trinajstić information content (AvgIpc) is 3.78. The number of furan rings is 1. The molecular weight excluding hydrogens is 562 g/mol. The zero-order chi connectivity index (χ0) is 29.9. The second kappa shape index (κ2) is 8.74. The molecule has 6 aromatic carbocycles. The van der Waals surface area contributed by atoms with Gasteiger partial charge in [-0.25, -0.2) is 0 Å². The van der Waals surface area contributed by atoms with Crippen molar-refractivity contribution in [3.63, 3.8) is 0 Å². The lowest BCUT2D eigenvalue weighted by molar-refractivity contribution is 0.665. The van der Waals surface area contributed by atoms with E-state index in [4.69, 9.17) is 4.42 Å². The summed E-state index contributed by atoms with van der Waals surface area (Å²) in [4.78, 5) is 0. The number of benzene rings is 6. The summed E-state index contributed by atoms with van der Waals surface area (Å²) in [5, 5.41) is 7.33. The first-order valence-electron chi connectivity index (χ1n) is 15.8. The average molecular weight is 589 g/mol. The molecule has 1 unspecified atom stereocenters. The second-order valence-corrected chi connectivity index (χ2v) is 12.3. The first-order chi connectivity index (χ1) is 22.9. The number of hydrogen-bond acceptors (Lipinski definition) is 1. The highest BCUT2D eigenvalue weighted by Gasteiger charge is 2.39. The fraction of sp³-hybridized carbons (Fsp3) is 0.0238. The number of para-hydroxylation sites is 5. The Bertz CT molecular complexity index is 2860. The SMILES string of the molecule is C1=CC2=[N+](c3cccc4c3oc3ccccc34)c3cccc4c5c6c(ccc5n(c34)C2C=C1)c1ccccc1n6-c1ccccc1. The molecule has 11 rings (SSSR count). The molecule has 9 aromatic rings. The highest BCUT2D eigenvalue weighted by atomic mass is 16.3. The van der Waals surface area contributed by atoms with Crippen LogP contribution in [0.5, 0.6) is 0 Å². The number of aromatic nitrogens is 2. The van der Waals surface area contributed by atoms with Crippen LogP contribution in [-0.2, 0) is 0 Å². The van der Waals surface area contributed by atoms with Crippen LogP contribution in [0.2, 0.25) is 0 Å². The van der Waals surface area contributed by atoms with Gasteiger partial charge in [-0.3, -0.25) is 0 Å². The van der Waals surface area contributed by atoms with Gasteiger partial charge in [-0.15, -0.1) is 0 Å². The maximum absolute atomic E-state index is 6.61. The summed E-state index contributed by atoms with van der Waals surface area (Å²) in [7, 11) is 0. The number of hydrogen-bond donors (Lipinski definition) is 0. The van der Waals surface area contributed by atoms with Gasteiger partial charge in [-0.2, -0.15) is 4.58 Å². The molecule has 2 aliphatic rings. The van der Waals surface area contributed by atoms with Crippen molar-refractivity contribution in [2.24, 2.45) is 0 Å². The lowest BCUT2D eigenvalue weighted by Gasteiger charge is -2.24. The van der Waals surface area contributed by atoms with E-state index in [0.29, 0.717) is 0 Å². The van der Waals surface area contributed by atoms with Crippen molar-refractivity contribution in [2.45, 2.75) is 6.04 Å². The van der Waals surface area contributed by atoms with E-state index in [1.165, 1.54) is 55.0 Å². The molecule has 1 aliphatic carbocycles. The minimum Gasteiger partial charge on any atom is -0.449 e. The molecule has 0 spiro atoms. The van der Waals surface area contributed by atoms with Crippen molar-refractivity contribution in [3.05, 3.63) is 152 Å². The van der Waals surface area contributed by atoms with Crippen LogP contribution in [0.15, 0.2) is 156 Å². The smallest absolute Gasteiger partial charge is 0.255 e.